The summed E-state index contributed by atoms with van der Waals surface area (Å²) >= 11 is 0. The molecule has 2 aromatic heterocycles. The topological polar surface area (TPSA) is 92.4 Å². The first-order valence-electron chi connectivity index (χ1n) is 8.32. The second-order valence-electron chi connectivity index (χ2n) is 6.46. The van der Waals surface area contributed by atoms with Gasteiger partial charge in [-0.2, -0.15) is 10.5 Å². The summed E-state index contributed by atoms with van der Waals surface area (Å²) in [4.78, 5) is 13.1. The van der Waals surface area contributed by atoms with Crippen LogP contribution in [-0.4, -0.2) is 32.9 Å². The number of rotatable bonds is 2. The molecule has 1 saturated heterocycles. The predicted molar refractivity (Wildman–Crippen MR) is 93.2 cm³/mol. The number of aromatic amines is 1. The van der Waals surface area contributed by atoms with Gasteiger partial charge in [-0.05, 0) is 36.6 Å². The summed E-state index contributed by atoms with van der Waals surface area (Å²) in [7, 11) is 0. The number of aromatic nitrogens is 3. The minimum Gasteiger partial charge on any atom is -0.338 e. The average Bonchev–Trinajstić information content (AvgIpc) is 3.12. The second kappa shape index (κ2) is 6.12. The van der Waals surface area contributed by atoms with Crippen LogP contribution in [0.2, 0.25) is 0 Å². The molecule has 0 bridgehead atoms. The Hall–Kier alpha value is -3.45. The van der Waals surface area contributed by atoms with Crippen LogP contribution in [0, 0.1) is 22.8 Å². The number of piperidine rings is 1. The van der Waals surface area contributed by atoms with Crippen molar-refractivity contribution in [1.82, 2.24) is 19.9 Å². The van der Waals surface area contributed by atoms with Crippen molar-refractivity contribution in [3.63, 3.8) is 0 Å². The van der Waals surface area contributed by atoms with Crippen molar-refractivity contribution in [2.75, 3.05) is 13.1 Å². The van der Waals surface area contributed by atoms with Crippen LogP contribution >= 0.6 is 0 Å². The molecule has 1 N–H and O–H groups in total. The molecule has 0 amide bonds. The molecule has 0 radical (unpaired) electrons. The van der Waals surface area contributed by atoms with E-state index in [0.29, 0.717) is 36.1 Å². The molecule has 1 aliphatic rings. The lowest BCUT2D eigenvalue weighted by Crippen LogP contribution is -2.41. The second-order valence-corrected chi connectivity index (χ2v) is 6.46. The number of alkyl halides is 1. The number of H-pyrrole nitrogens is 1. The van der Waals surface area contributed by atoms with E-state index in [-0.39, 0.29) is 12.4 Å². The number of halogens is 1. The quantitative estimate of drug-likeness (QED) is 0.719. The first-order valence-corrected chi connectivity index (χ1v) is 8.32. The molecule has 3 aromatic rings. The SMILES string of the molecule is N#Cc1cccc(-c2cnc3nc(C4(F)CCCN(C#N)C4)[nH]c3c2)c1. The van der Waals surface area contributed by atoms with Crippen molar-refractivity contribution < 1.29 is 4.39 Å². The molecule has 4 rings (SSSR count). The Bertz CT molecular complexity index is 1060. The van der Waals surface area contributed by atoms with E-state index in [1.807, 2.05) is 24.4 Å². The minimum absolute atomic E-state index is 0.000391. The zero-order valence-corrected chi connectivity index (χ0v) is 13.9. The molecule has 1 aromatic carbocycles. The van der Waals surface area contributed by atoms with Crippen LogP contribution < -0.4 is 0 Å². The Balaban J connectivity index is 1.72. The highest BCUT2D eigenvalue weighted by molar-refractivity contribution is 5.78. The van der Waals surface area contributed by atoms with Gasteiger partial charge in [-0.25, -0.2) is 14.4 Å². The van der Waals surface area contributed by atoms with E-state index in [9.17, 15) is 0 Å². The van der Waals surface area contributed by atoms with Crippen LogP contribution in [0.1, 0.15) is 24.2 Å². The maximum absolute atomic E-state index is 15.4. The van der Waals surface area contributed by atoms with Crippen molar-refractivity contribution in [1.29, 1.82) is 10.5 Å². The lowest BCUT2D eigenvalue weighted by atomic mass is 9.94. The molecule has 7 heteroatoms. The third-order valence-corrected chi connectivity index (χ3v) is 4.67. The number of nitrogens with one attached hydrogen (secondary N) is 1. The first-order chi connectivity index (χ1) is 12.6. The van der Waals surface area contributed by atoms with Crippen molar-refractivity contribution in [2.24, 2.45) is 0 Å². The highest BCUT2D eigenvalue weighted by Crippen LogP contribution is 2.35. The van der Waals surface area contributed by atoms with E-state index >= 15 is 4.39 Å². The van der Waals surface area contributed by atoms with Gasteiger partial charge in [0.05, 0.1) is 23.7 Å². The number of imidazole rings is 1. The van der Waals surface area contributed by atoms with Crippen molar-refractivity contribution in [3.05, 3.63) is 47.9 Å². The fourth-order valence-corrected chi connectivity index (χ4v) is 3.33. The van der Waals surface area contributed by atoms with Gasteiger partial charge in [0.1, 0.15) is 5.82 Å². The zero-order valence-electron chi connectivity index (χ0n) is 13.9. The summed E-state index contributed by atoms with van der Waals surface area (Å²) in [6.45, 7) is 0.570. The molecule has 0 saturated carbocycles. The van der Waals surface area contributed by atoms with Gasteiger partial charge in [0.2, 0.25) is 0 Å². The van der Waals surface area contributed by atoms with E-state index in [1.54, 1.807) is 18.3 Å². The van der Waals surface area contributed by atoms with E-state index in [4.69, 9.17) is 10.5 Å². The van der Waals surface area contributed by atoms with Gasteiger partial charge in [0, 0.05) is 18.3 Å². The summed E-state index contributed by atoms with van der Waals surface area (Å²) in [5, 5.41) is 18.1. The normalized spacial score (nSPS) is 19.9. The van der Waals surface area contributed by atoms with Gasteiger partial charge in [0.15, 0.2) is 17.5 Å². The molecule has 1 fully saturated rings. The molecular formula is C19H15FN6. The Kier molecular flexibility index (Phi) is 3.78. The number of fused-ring (bicyclic) bond motifs is 1. The van der Waals surface area contributed by atoms with Crippen LogP contribution in [0.15, 0.2) is 36.5 Å². The molecule has 0 spiro atoms. The number of pyridine rings is 1. The van der Waals surface area contributed by atoms with E-state index in [1.165, 1.54) is 4.90 Å². The van der Waals surface area contributed by atoms with Crippen LogP contribution in [0.3, 0.4) is 0 Å². The molecule has 6 nitrogen and oxygen atoms in total. The maximum Gasteiger partial charge on any atom is 0.186 e. The number of hydrogen-bond acceptors (Lipinski definition) is 5. The van der Waals surface area contributed by atoms with Gasteiger partial charge in [-0.15, -0.1) is 0 Å². The lowest BCUT2D eigenvalue weighted by Gasteiger charge is -2.32. The molecule has 1 atom stereocenters. The number of nitriles is 2. The lowest BCUT2D eigenvalue weighted by molar-refractivity contribution is 0.0627. The number of likely N-dealkylation sites (tertiary alicyclic amines) is 1. The van der Waals surface area contributed by atoms with Crippen LogP contribution in [0.4, 0.5) is 4.39 Å². The third-order valence-electron chi connectivity index (χ3n) is 4.67. The minimum atomic E-state index is -1.68. The molecule has 3 heterocycles. The van der Waals surface area contributed by atoms with Gasteiger partial charge < -0.3 is 9.88 Å². The van der Waals surface area contributed by atoms with Crippen molar-refractivity contribution >= 4 is 11.2 Å². The van der Waals surface area contributed by atoms with E-state index < -0.39 is 5.67 Å². The number of hydrogen-bond donors (Lipinski definition) is 1. The van der Waals surface area contributed by atoms with E-state index in [2.05, 4.69) is 21.0 Å². The van der Waals surface area contributed by atoms with Gasteiger partial charge in [0.25, 0.3) is 0 Å². The molecular weight excluding hydrogens is 331 g/mol. The zero-order chi connectivity index (χ0) is 18.1. The Morgan fingerprint density at radius 2 is 2.12 bits per heavy atom. The molecule has 1 unspecified atom stereocenters. The largest absolute Gasteiger partial charge is 0.338 e. The standard InChI is InChI=1S/C19H15FN6/c20-19(5-2-6-26(11-19)12-22)18-24-16-8-15(10-23-17(16)25-18)14-4-1-3-13(7-14)9-21/h1,3-4,7-8,10H,2,5-6,11H2,(H,23,24,25). The summed E-state index contributed by atoms with van der Waals surface area (Å²) < 4.78 is 15.4. The van der Waals surface area contributed by atoms with Crippen molar-refractivity contribution in [3.8, 4) is 23.4 Å². The average molecular weight is 346 g/mol. The van der Waals surface area contributed by atoms with Crippen LogP contribution in [0.25, 0.3) is 22.3 Å². The summed E-state index contributed by atoms with van der Waals surface area (Å²) in [5.41, 5.74) is 1.62. The predicted octanol–water partition coefficient (Wildman–Crippen LogP) is 3.24. The summed E-state index contributed by atoms with van der Waals surface area (Å²) in [5.74, 6) is 0.211. The van der Waals surface area contributed by atoms with Crippen molar-refractivity contribution in [2.45, 2.75) is 18.5 Å². The Morgan fingerprint density at radius 3 is 2.92 bits per heavy atom. The monoisotopic (exact) mass is 346 g/mol. The third kappa shape index (κ3) is 2.74. The maximum atomic E-state index is 15.4. The Labute approximate surface area is 149 Å². The highest BCUT2D eigenvalue weighted by atomic mass is 19.1. The van der Waals surface area contributed by atoms with Gasteiger partial charge in [-0.1, -0.05) is 12.1 Å². The number of benzene rings is 1. The molecule has 26 heavy (non-hydrogen) atoms. The molecule has 0 aliphatic carbocycles. The van der Waals surface area contributed by atoms with Gasteiger partial charge >= 0.3 is 0 Å². The summed E-state index contributed by atoms with van der Waals surface area (Å²) in [6, 6.07) is 11.2. The highest BCUT2D eigenvalue weighted by Gasteiger charge is 2.40. The molecule has 1 aliphatic heterocycles. The summed E-state index contributed by atoms with van der Waals surface area (Å²) in [6.07, 6.45) is 4.60. The van der Waals surface area contributed by atoms with Crippen LogP contribution in [-0.2, 0) is 5.67 Å². The molecule has 128 valence electrons. The Morgan fingerprint density at radius 1 is 1.23 bits per heavy atom. The fourth-order valence-electron chi connectivity index (χ4n) is 3.33. The number of nitrogens with zero attached hydrogens (tertiary/aromatic N) is 5. The van der Waals surface area contributed by atoms with E-state index in [0.717, 1.165) is 11.1 Å². The first kappa shape index (κ1) is 16.0. The smallest absolute Gasteiger partial charge is 0.186 e. The van der Waals surface area contributed by atoms with Gasteiger partial charge in [-0.3, -0.25) is 0 Å². The fraction of sp³-hybridized carbons (Fsp3) is 0.263. The van der Waals surface area contributed by atoms with Crippen LogP contribution in [0.5, 0.6) is 0 Å².